The van der Waals surface area contributed by atoms with Crippen molar-refractivity contribution >= 4 is 23.1 Å². The zero-order valence-corrected chi connectivity index (χ0v) is 14.7. The van der Waals surface area contributed by atoms with Crippen LogP contribution in [0.15, 0.2) is 30.5 Å². The molecule has 1 saturated heterocycles. The van der Waals surface area contributed by atoms with E-state index >= 15 is 0 Å². The van der Waals surface area contributed by atoms with Crippen LogP contribution < -0.4 is 4.90 Å². The average Bonchev–Trinajstić information content (AvgIpc) is 2.92. The van der Waals surface area contributed by atoms with E-state index in [9.17, 15) is 4.79 Å². The van der Waals surface area contributed by atoms with E-state index < -0.39 is 0 Å². The smallest absolute Gasteiger partial charge is 0.264 e. The molecule has 4 rings (SSSR count). The molecular formula is C19H23N3OS. The number of piperazine rings is 1. The van der Waals surface area contributed by atoms with Gasteiger partial charge in [-0.1, -0.05) is 12.5 Å². The van der Waals surface area contributed by atoms with Crippen LogP contribution in [0.25, 0.3) is 0 Å². The molecule has 0 aromatic carbocycles. The first-order valence-corrected chi connectivity index (χ1v) is 9.70. The Balaban J connectivity index is 1.41. The van der Waals surface area contributed by atoms with Gasteiger partial charge in [0.2, 0.25) is 0 Å². The van der Waals surface area contributed by atoms with E-state index in [0.29, 0.717) is 0 Å². The van der Waals surface area contributed by atoms with Crippen molar-refractivity contribution in [1.29, 1.82) is 0 Å². The van der Waals surface area contributed by atoms with Crippen molar-refractivity contribution < 1.29 is 4.79 Å². The van der Waals surface area contributed by atoms with Crippen molar-refractivity contribution in [2.24, 2.45) is 0 Å². The van der Waals surface area contributed by atoms with E-state index in [2.05, 4.69) is 16.0 Å². The van der Waals surface area contributed by atoms with Crippen LogP contribution in [0.3, 0.4) is 0 Å². The summed E-state index contributed by atoms with van der Waals surface area (Å²) in [7, 11) is 0. The van der Waals surface area contributed by atoms with Crippen molar-refractivity contribution in [3.8, 4) is 0 Å². The second kappa shape index (κ2) is 6.93. The summed E-state index contributed by atoms with van der Waals surface area (Å²) in [6.45, 7) is 3.26. The van der Waals surface area contributed by atoms with E-state index in [0.717, 1.165) is 49.7 Å². The number of rotatable bonds is 2. The lowest BCUT2D eigenvalue weighted by Crippen LogP contribution is -2.48. The number of amides is 1. The highest BCUT2D eigenvalue weighted by atomic mass is 32.1. The fourth-order valence-corrected chi connectivity index (χ4v) is 4.83. The average molecular weight is 341 g/mol. The molecule has 1 fully saturated rings. The first kappa shape index (κ1) is 15.6. The van der Waals surface area contributed by atoms with Gasteiger partial charge in [-0.3, -0.25) is 4.79 Å². The SMILES string of the molecule is O=C(c1cc2c(s1)CCCCC2)N1CCN(c2ccccn2)CC1. The second-order valence-corrected chi connectivity index (χ2v) is 7.72. The molecule has 2 aromatic rings. The van der Waals surface area contributed by atoms with Gasteiger partial charge >= 0.3 is 0 Å². The summed E-state index contributed by atoms with van der Waals surface area (Å²) in [6.07, 6.45) is 7.98. The summed E-state index contributed by atoms with van der Waals surface area (Å²) in [5.41, 5.74) is 1.42. The Morgan fingerprint density at radius 2 is 1.88 bits per heavy atom. The van der Waals surface area contributed by atoms with Gasteiger partial charge in [0.05, 0.1) is 4.88 Å². The van der Waals surface area contributed by atoms with Crippen LogP contribution in [0.5, 0.6) is 0 Å². The Kier molecular flexibility index (Phi) is 4.52. The number of aromatic nitrogens is 1. The Morgan fingerprint density at radius 3 is 2.67 bits per heavy atom. The number of aryl methyl sites for hydroxylation is 2. The van der Waals surface area contributed by atoms with Gasteiger partial charge in [0.15, 0.2) is 0 Å². The third-order valence-electron chi connectivity index (χ3n) is 5.00. The van der Waals surface area contributed by atoms with E-state index in [4.69, 9.17) is 0 Å². The van der Waals surface area contributed by atoms with Crippen molar-refractivity contribution in [3.05, 3.63) is 45.8 Å². The quantitative estimate of drug-likeness (QED) is 0.786. The minimum absolute atomic E-state index is 0.216. The maximum atomic E-state index is 12.8. The van der Waals surface area contributed by atoms with Gasteiger partial charge in [-0.05, 0) is 49.4 Å². The predicted octanol–water partition coefficient (Wildman–Crippen LogP) is 3.37. The number of hydrogen-bond donors (Lipinski definition) is 0. The highest BCUT2D eigenvalue weighted by molar-refractivity contribution is 7.14. The van der Waals surface area contributed by atoms with Crippen molar-refractivity contribution in [1.82, 2.24) is 9.88 Å². The molecule has 3 heterocycles. The maximum Gasteiger partial charge on any atom is 0.264 e. The molecule has 5 heteroatoms. The summed E-state index contributed by atoms with van der Waals surface area (Å²) in [6, 6.07) is 8.15. The third-order valence-corrected chi connectivity index (χ3v) is 6.22. The van der Waals surface area contributed by atoms with Crippen molar-refractivity contribution in [3.63, 3.8) is 0 Å². The van der Waals surface area contributed by atoms with Crippen LogP contribution in [0, 0.1) is 0 Å². The number of hydrogen-bond acceptors (Lipinski definition) is 4. The number of carbonyl (C=O) groups excluding carboxylic acids is 1. The molecule has 0 bridgehead atoms. The minimum Gasteiger partial charge on any atom is -0.353 e. The van der Waals surface area contributed by atoms with E-state index in [1.165, 1.54) is 29.7 Å². The fourth-order valence-electron chi connectivity index (χ4n) is 3.61. The van der Waals surface area contributed by atoms with Gasteiger partial charge in [-0.2, -0.15) is 0 Å². The molecule has 2 aliphatic rings. The Hall–Kier alpha value is -1.88. The molecule has 0 N–H and O–H groups in total. The maximum absolute atomic E-state index is 12.8. The van der Waals surface area contributed by atoms with Crippen LogP contribution in [0.4, 0.5) is 5.82 Å². The van der Waals surface area contributed by atoms with Crippen LogP contribution in [-0.4, -0.2) is 42.0 Å². The molecule has 4 nitrogen and oxygen atoms in total. The predicted molar refractivity (Wildman–Crippen MR) is 97.9 cm³/mol. The van der Waals surface area contributed by atoms with Crippen LogP contribution >= 0.6 is 11.3 Å². The molecule has 0 unspecified atom stereocenters. The number of carbonyl (C=O) groups is 1. The Bertz CT molecular complexity index is 681. The van der Waals surface area contributed by atoms with Crippen LogP contribution in [0.2, 0.25) is 0 Å². The molecule has 1 amide bonds. The second-order valence-electron chi connectivity index (χ2n) is 6.59. The summed E-state index contributed by atoms with van der Waals surface area (Å²) >= 11 is 1.73. The molecule has 1 aliphatic heterocycles. The highest BCUT2D eigenvalue weighted by Gasteiger charge is 2.25. The van der Waals surface area contributed by atoms with E-state index in [1.807, 2.05) is 29.3 Å². The van der Waals surface area contributed by atoms with Gasteiger partial charge in [0.1, 0.15) is 5.82 Å². The fraction of sp³-hybridized carbons (Fsp3) is 0.474. The molecular weight excluding hydrogens is 318 g/mol. The third kappa shape index (κ3) is 3.18. The van der Waals surface area contributed by atoms with Gasteiger partial charge in [0.25, 0.3) is 5.91 Å². The van der Waals surface area contributed by atoms with Gasteiger partial charge in [-0.25, -0.2) is 4.98 Å². The molecule has 0 spiro atoms. The molecule has 126 valence electrons. The van der Waals surface area contributed by atoms with Gasteiger partial charge < -0.3 is 9.80 Å². The molecule has 24 heavy (non-hydrogen) atoms. The Morgan fingerprint density at radius 1 is 1.04 bits per heavy atom. The van der Waals surface area contributed by atoms with Crippen LogP contribution in [0.1, 0.15) is 39.4 Å². The normalized spacial score (nSPS) is 18.2. The van der Waals surface area contributed by atoms with E-state index in [1.54, 1.807) is 11.3 Å². The summed E-state index contributed by atoms with van der Waals surface area (Å²) in [4.78, 5) is 23.9. The molecule has 0 atom stereocenters. The largest absolute Gasteiger partial charge is 0.353 e. The minimum atomic E-state index is 0.216. The number of pyridine rings is 1. The standard InChI is InChI=1S/C19H23N3OS/c23-19(17-14-15-6-2-1-3-7-16(15)24-17)22-12-10-21(11-13-22)18-8-4-5-9-20-18/h4-5,8-9,14H,1-3,6-7,10-13H2. The Labute approximate surface area is 147 Å². The lowest BCUT2D eigenvalue weighted by Gasteiger charge is -2.35. The zero-order chi connectivity index (χ0) is 16.4. The summed E-state index contributed by atoms with van der Waals surface area (Å²) < 4.78 is 0. The summed E-state index contributed by atoms with van der Waals surface area (Å²) in [5, 5.41) is 0. The number of anilines is 1. The van der Waals surface area contributed by atoms with Gasteiger partial charge in [0, 0.05) is 37.3 Å². The topological polar surface area (TPSA) is 36.4 Å². The lowest BCUT2D eigenvalue weighted by molar-refractivity contribution is 0.0751. The highest BCUT2D eigenvalue weighted by Crippen LogP contribution is 2.30. The monoisotopic (exact) mass is 341 g/mol. The van der Waals surface area contributed by atoms with Crippen molar-refractivity contribution in [2.45, 2.75) is 32.1 Å². The molecule has 0 saturated carbocycles. The summed E-state index contributed by atoms with van der Waals surface area (Å²) in [5.74, 6) is 1.22. The van der Waals surface area contributed by atoms with Crippen molar-refractivity contribution in [2.75, 3.05) is 31.1 Å². The van der Waals surface area contributed by atoms with E-state index in [-0.39, 0.29) is 5.91 Å². The molecule has 0 radical (unpaired) electrons. The first-order chi connectivity index (χ1) is 11.8. The zero-order valence-electron chi connectivity index (χ0n) is 13.9. The number of nitrogens with zero attached hydrogens (tertiary/aromatic N) is 3. The van der Waals surface area contributed by atoms with Crippen LogP contribution in [-0.2, 0) is 12.8 Å². The number of thiophene rings is 1. The molecule has 1 aliphatic carbocycles. The molecule has 2 aromatic heterocycles. The van der Waals surface area contributed by atoms with Gasteiger partial charge in [-0.15, -0.1) is 11.3 Å². The number of fused-ring (bicyclic) bond motifs is 1. The first-order valence-electron chi connectivity index (χ1n) is 8.88. The lowest BCUT2D eigenvalue weighted by atomic mass is 10.1.